The molecule has 0 unspecified atom stereocenters. The van der Waals surface area contributed by atoms with Crippen LogP contribution in [-0.2, 0) is 4.79 Å². The molecule has 122 valence electrons. The number of primary amides is 1. The largest absolute Gasteiger partial charge is 0.484 e. The van der Waals surface area contributed by atoms with Crippen LogP contribution in [0.15, 0.2) is 22.7 Å². The Labute approximate surface area is 147 Å². The van der Waals surface area contributed by atoms with E-state index in [1.165, 1.54) is 11.3 Å². The molecule has 1 aromatic heterocycles. The highest BCUT2D eigenvalue weighted by molar-refractivity contribution is 9.10. The number of halogens is 1. The van der Waals surface area contributed by atoms with Crippen molar-refractivity contribution < 1.29 is 14.3 Å². The van der Waals surface area contributed by atoms with Crippen LogP contribution < -0.4 is 15.8 Å². The third kappa shape index (κ3) is 4.11. The number of anilines is 1. The van der Waals surface area contributed by atoms with E-state index in [1.54, 1.807) is 6.07 Å². The lowest BCUT2D eigenvalue weighted by atomic mass is 10.1. The van der Waals surface area contributed by atoms with E-state index in [4.69, 9.17) is 10.5 Å². The van der Waals surface area contributed by atoms with Crippen LogP contribution in [0.25, 0.3) is 0 Å². The van der Waals surface area contributed by atoms with E-state index in [0.717, 1.165) is 20.5 Å². The molecule has 0 saturated carbocycles. The molecule has 0 saturated heterocycles. The lowest BCUT2D eigenvalue weighted by molar-refractivity contribution is -0.118. The van der Waals surface area contributed by atoms with Gasteiger partial charge in [0.15, 0.2) is 6.61 Å². The van der Waals surface area contributed by atoms with Gasteiger partial charge in [-0.3, -0.25) is 9.59 Å². The molecule has 0 bridgehead atoms. The summed E-state index contributed by atoms with van der Waals surface area (Å²) in [6.07, 6.45) is 0. The van der Waals surface area contributed by atoms with Crippen molar-refractivity contribution in [3.63, 3.8) is 0 Å². The first-order chi connectivity index (χ1) is 10.8. The van der Waals surface area contributed by atoms with Gasteiger partial charge in [-0.05, 0) is 50.1 Å². The monoisotopic (exact) mass is 396 g/mol. The smallest absolute Gasteiger partial charge is 0.262 e. The number of nitrogens with two attached hydrogens (primary N) is 1. The van der Waals surface area contributed by atoms with Gasteiger partial charge in [0.25, 0.3) is 11.8 Å². The normalized spacial score (nSPS) is 10.4. The van der Waals surface area contributed by atoms with Crippen LogP contribution in [0.2, 0.25) is 0 Å². The SMILES string of the molecule is Cc1cc(OCC(=O)Nc2sc(C)c(C)c2C(N)=O)ccc1Br. The Hall–Kier alpha value is -1.86. The molecule has 1 aromatic carbocycles. The molecule has 23 heavy (non-hydrogen) atoms. The van der Waals surface area contributed by atoms with Gasteiger partial charge in [0, 0.05) is 9.35 Å². The first-order valence-electron chi connectivity index (χ1n) is 6.88. The van der Waals surface area contributed by atoms with Crippen molar-refractivity contribution in [2.24, 2.45) is 5.73 Å². The molecule has 5 nitrogen and oxygen atoms in total. The van der Waals surface area contributed by atoms with Crippen LogP contribution >= 0.6 is 27.3 Å². The molecule has 0 radical (unpaired) electrons. The maximum atomic E-state index is 12.0. The lowest BCUT2D eigenvalue weighted by Crippen LogP contribution is -2.22. The standard InChI is InChI=1S/C16H17BrN2O3S/c1-8-6-11(4-5-12(8)17)22-7-13(20)19-16-14(15(18)21)9(2)10(3)23-16/h4-6H,7H2,1-3H3,(H2,18,21)(H,19,20). The van der Waals surface area contributed by atoms with Crippen LogP contribution in [-0.4, -0.2) is 18.4 Å². The molecule has 2 aromatic rings. The second-order valence-corrected chi connectivity index (χ2v) is 7.18. The van der Waals surface area contributed by atoms with Crippen molar-refractivity contribution in [3.05, 3.63) is 44.2 Å². The van der Waals surface area contributed by atoms with E-state index < -0.39 is 5.91 Å². The molecule has 0 spiro atoms. The number of benzene rings is 1. The first kappa shape index (κ1) is 17.5. The molecule has 3 N–H and O–H groups in total. The topological polar surface area (TPSA) is 81.4 Å². The fourth-order valence-electron chi connectivity index (χ4n) is 2.03. The van der Waals surface area contributed by atoms with E-state index >= 15 is 0 Å². The summed E-state index contributed by atoms with van der Waals surface area (Å²) in [7, 11) is 0. The van der Waals surface area contributed by atoms with E-state index in [1.807, 2.05) is 32.9 Å². The highest BCUT2D eigenvalue weighted by Gasteiger charge is 2.19. The maximum absolute atomic E-state index is 12.0. The number of aryl methyl sites for hydroxylation is 2. The van der Waals surface area contributed by atoms with Gasteiger partial charge in [0.05, 0.1) is 5.56 Å². The van der Waals surface area contributed by atoms with Crippen molar-refractivity contribution in [2.45, 2.75) is 20.8 Å². The van der Waals surface area contributed by atoms with Crippen LogP contribution in [0.5, 0.6) is 5.75 Å². The number of hydrogen-bond acceptors (Lipinski definition) is 4. The summed E-state index contributed by atoms with van der Waals surface area (Å²) in [6.45, 7) is 5.48. The number of hydrogen-bond donors (Lipinski definition) is 2. The van der Waals surface area contributed by atoms with Gasteiger partial charge in [-0.2, -0.15) is 0 Å². The highest BCUT2D eigenvalue weighted by Crippen LogP contribution is 2.32. The fourth-order valence-corrected chi connectivity index (χ4v) is 3.36. The van der Waals surface area contributed by atoms with Crippen molar-refractivity contribution in [1.29, 1.82) is 0 Å². The Morgan fingerprint density at radius 2 is 2.00 bits per heavy atom. The predicted molar refractivity (Wildman–Crippen MR) is 95.3 cm³/mol. The quantitative estimate of drug-likeness (QED) is 0.810. The second kappa shape index (κ2) is 7.14. The molecule has 0 aliphatic rings. The summed E-state index contributed by atoms with van der Waals surface area (Å²) in [5, 5.41) is 3.16. The molecule has 0 atom stereocenters. The summed E-state index contributed by atoms with van der Waals surface area (Å²) >= 11 is 4.74. The summed E-state index contributed by atoms with van der Waals surface area (Å²) in [6, 6.07) is 5.48. The molecule has 2 rings (SSSR count). The summed E-state index contributed by atoms with van der Waals surface area (Å²) in [5.41, 5.74) is 7.55. The van der Waals surface area contributed by atoms with E-state index in [9.17, 15) is 9.59 Å². The highest BCUT2D eigenvalue weighted by atomic mass is 79.9. The molecule has 0 fully saturated rings. The van der Waals surface area contributed by atoms with Gasteiger partial charge in [0.2, 0.25) is 0 Å². The third-order valence-corrected chi connectivity index (χ3v) is 5.40. The molecular weight excluding hydrogens is 380 g/mol. The van der Waals surface area contributed by atoms with Crippen molar-refractivity contribution >= 4 is 44.1 Å². The van der Waals surface area contributed by atoms with Crippen molar-refractivity contribution in [3.8, 4) is 5.75 Å². The minimum atomic E-state index is -0.549. The van der Waals surface area contributed by atoms with Gasteiger partial charge in [-0.25, -0.2) is 0 Å². The van der Waals surface area contributed by atoms with Gasteiger partial charge in [-0.1, -0.05) is 15.9 Å². The average molecular weight is 397 g/mol. The van der Waals surface area contributed by atoms with E-state index in [-0.39, 0.29) is 12.5 Å². The molecule has 0 aliphatic heterocycles. The Bertz CT molecular complexity index is 771. The first-order valence-corrected chi connectivity index (χ1v) is 8.49. The Morgan fingerprint density at radius 3 is 2.61 bits per heavy atom. The van der Waals surface area contributed by atoms with Crippen molar-refractivity contribution in [1.82, 2.24) is 0 Å². The van der Waals surface area contributed by atoms with Gasteiger partial charge in [-0.15, -0.1) is 11.3 Å². The summed E-state index contributed by atoms with van der Waals surface area (Å²) < 4.78 is 6.45. The number of amides is 2. The van der Waals surface area contributed by atoms with Gasteiger partial charge in [0.1, 0.15) is 10.8 Å². The molecule has 7 heteroatoms. The number of carbonyl (C=O) groups is 2. The zero-order valence-electron chi connectivity index (χ0n) is 13.0. The predicted octanol–water partition coefficient (Wildman–Crippen LogP) is 3.55. The molecule has 2 amide bonds. The van der Waals surface area contributed by atoms with Gasteiger partial charge >= 0.3 is 0 Å². The zero-order valence-corrected chi connectivity index (χ0v) is 15.4. The Kier molecular flexibility index (Phi) is 5.43. The molecular formula is C16H17BrN2O3S. The molecule has 1 heterocycles. The third-order valence-electron chi connectivity index (χ3n) is 3.38. The number of carbonyl (C=O) groups excluding carboxylic acids is 2. The number of rotatable bonds is 5. The van der Waals surface area contributed by atoms with Gasteiger partial charge < -0.3 is 15.8 Å². The number of nitrogens with one attached hydrogen (secondary N) is 1. The minimum Gasteiger partial charge on any atom is -0.484 e. The fraction of sp³-hybridized carbons (Fsp3) is 0.250. The van der Waals surface area contributed by atoms with Crippen LogP contribution in [0.1, 0.15) is 26.4 Å². The van der Waals surface area contributed by atoms with E-state index in [2.05, 4.69) is 21.2 Å². The average Bonchev–Trinajstić information content (AvgIpc) is 2.75. The number of thiophene rings is 1. The number of ether oxygens (including phenoxy) is 1. The maximum Gasteiger partial charge on any atom is 0.262 e. The minimum absolute atomic E-state index is 0.144. The summed E-state index contributed by atoms with van der Waals surface area (Å²) in [5.74, 6) is -0.282. The van der Waals surface area contributed by atoms with Crippen LogP contribution in [0, 0.1) is 20.8 Å². The zero-order chi connectivity index (χ0) is 17.1. The molecule has 0 aliphatic carbocycles. The Balaban J connectivity index is 2.04. The lowest BCUT2D eigenvalue weighted by Gasteiger charge is -2.08. The van der Waals surface area contributed by atoms with Crippen LogP contribution in [0.4, 0.5) is 5.00 Å². The van der Waals surface area contributed by atoms with E-state index in [0.29, 0.717) is 16.3 Å². The Morgan fingerprint density at radius 1 is 1.30 bits per heavy atom. The van der Waals surface area contributed by atoms with Crippen LogP contribution in [0.3, 0.4) is 0 Å². The second-order valence-electron chi connectivity index (χ2n) is 5.10. The summed E-state index contributed by atoms with van der Waals surface area (Å²) in [4.78, 5) is 24.5. The van der Waals surface area contributed by atoms with Crippen molar-refractivity contribution in [2.75, 3.05) is 11.9 Å².